The molecule has 3 atom stereocenters. The Kier molecular flexibility index (Phi) is 6.59. The van der Waals surface area contributed by atoms with Crippen molar-refractivity contribution in [3.8, 4) is 11.4 Å². The molecule has 0 bridgehead atoms. The van der Waals surface area contributed by atoms with Gasteiger partial charge in [0.05, 0.1) is 0 Å². The van der Waals surface area contributed by atoms with Gasteiger partial charge in [0.15, 0.2) is 0 Å². The molecule has 1 saturated heterocycles. The highest BCUT2D eigenvalue weighted by Crippen LogP contribution is 2.45. The third-order valence-electron chi connectivity index (χ3n) is 7.83. The molecule has 3 aliphatic rings. The van der Waals surface area contributed by atoms with E-state index in [1.807, 2.05) is 12.1 Å². The second-order valence-electron chi connectivity index (χ2n) is 10.0. The summed E-state index contributed by atoms with van der Waals surface area (Å²) in [6.07, 6.45) is 11.5. The van der Waals surface area contributed by atoms with Crippen molar-refractivity contribution in [3.63, 3.8) is 0 Å². The number of nitrogens with one attached hydrogen (secondary N) is 1. The van der Waals surface area contributed by atoms with Crippen LogP contribution in [0.5, 0.6) is 0 Å². The molecule has 2 aliphatic carbocycles. The van der Waals surface area contributed by atoms with Crippen LogP contribution in [-0.2, 0) is 4.79 Å². The van der Waals surface area contributed by atoms with E-state index in [2.05, 4.69) is 20.0 Å². The van der Waals surface area contributed by atoms with Crippen molar-refractivity contribution < 1.29 is 14.5 Å². The van der Waals surface area contributed by atoms with Gasteiger partial charge in [0.1, 0.15) is 5.82 Å². The van der Waals surface area contributed by atoms with Gasteiger partial charge in [-0.3, -0.25) is 10.0 Å². The fourth-order valence-corrected chi connectivity index (χ4v) is 5.69. The molecule has 3 heterocycles. The first kappa shape index (κ1) is 22.3. The van der Waals surface area contributed by atoms with E-state index >= 15 is 0 Å². The van der Waals surface area contributed by atoms with E-state index < -0.39 is 5.91 Å². The van der Waals surface area contributed by atoms with Crippen LogP contribution in [0.1, 0.15) is 69.6 Å². The van der Waals surface area contributed by atoms with E-state index in [4.69, 9.17) is 15.5 Å². The van der Waals surface area contributed by atoms with E-state index in [-0.39, 0.29) is 12.3 Å². The highest BCUT2D eigenvalue weighted by atomic mass is 16.5. The summed E-state index contributed by atoms with van der Waals surface area (Å²) in [7, 11) is 0. The minimum atomic E-state index is -0.438. The molecule has 4 N–H and O–H groups in total. The molecule has 2 aromatic rings. The van der Waals surface area contributed by atoms with Crippen LogP contribution >= 0.6 is 0 Å². The molecule has 178 valence electrons. The lowest BCUT2D eigenvalue weighted by atomic mass is 9.84. The Balaban J connectivity index is 1.21. The van der Waals surface area contributed by atoms with Gasteiger partial charge in [0.2, 0.25) is 17.6 Å². The number of hydrogen-bond donors (Lipinski definition) is 3. The number of fused-ring (bicyclic) bond motifs is 1. The van der Waals surface area contributed by atoms with Crippen LogP contribution in [0.2, 0.25) is 0 Å². The monoisotopic (exact) mass is 454 g/mol. The largest absolute Gasteiger partial charge is 0.356 e. The number of nitrogens with zero attached hydrogens (tertiary/aromatic N) is 4. The number of pyridine rings is 1. The SMILES string of the molecule is NC1C2CN(c3ccc(-c4noc([C@H](CCCC5CCCCC5)CC(=O)NO)n4)cn3)CC12. The van der Waals surface area contributed by atoms with Crippen molar-refractivity contribution in [1.29, 1.82) is 0 Å². The molecule has 1 amide bonds. The van der Waals surface area contributed by atoms with Gasteiger partial charge in [-0.25, -0.2) is 10.5 Å². The molecular weight excluding hydrogens is 420 g/mol. The molecule has 0 aromatic carbocycles. The van der Waals surface area contributed by atoms with Gasteiger partial charge in [-0.15, -0.1) is 0 Å². The van der Waals surface area contributed by atoms with Gasteiger partial charge in [-0.1, -0.05) is 50.1 Å². The highest BCUT2D eigenvalue weighted by Gasteiger charge is 2.53. The van der Waals surface area contributed by atoms with E-state index in [0.29, 0.717) is 29.6 Å². The maximum Gasteiger partial charge on any atom is 0.244 e. The van der Waals surface area contributed by atoms with Crippen LogP contribution in [0.3, 0.4) is 0 Å². The van der Waals surface area contributed by atoms with E-state index in [9.17, 15) is 4.79 Å². The number of piperidine rings is 1. The molecule has 3 fully saturated rings. The number of nitrogens with two attached hydrogens (primary N) is 1. The predicted molar refractivity (Wildman–Crippen MR) is 122 cm³/mol. The van der Waals surface area contributed by atoms with Crippen molar-refractivity contribution in [1.82, 2.24) is 20.6 Å². The second-order valence-corrected chi connectivity index (χ2v) is 10.0. The molecule has 2 aromatic heterocycles. The number of hydrogen-bond acceptors (Lipinski definition) is 8. The van der Waals surface area contributed by atoms with Crippen LogP contribution < -0.4 is 16.1 Å². The van der Waals surface area contributed by atoms with Gasteiger partial charge in [-0.2, -0.15) is 4.98 Å². The fourth-order valence-electron chi connectivity index (χ4n) is 5.69. The summed E-state index contributed by atoms with van der Waals surface area (Å²) < 4.78 is 5.56. The molecule has 9 heteroatoms. The lowest BCUT2D eigenvalue weighted by Crippen LogP contribution is -2.28. The van der Waals surface area contributed by atoms with Gasteiger partial charge < -0.3 is 15.2 Å². The summed E-state index contributed by atoms with van der Waals surface area (Å²) in [4.78, 5) is 23.3. The number of hydroxylamine groups is 1. The van der Waals surface area contributed by atoms with Crippen molar-refractivity contribution in [2.24, 2.45) is 23.5 Å². The summed E-state index contributed by atoms with van der Waals surface area (Å²) in [5.74, 6) is 3.21. The summed E-state index contributed by atoms with van der Waals surface area (Å²) in [6, 6.07) is 4.31. The zero-order valence-corrected chi connectivity index (χ0v) is 19.0. The van der Waals surface area contributed by atoms with Crippen molar-refractivity contribution in [2.75, 3.05) is 18.0 Å². The van der Waals surface area contributed by atoms with Gasteiger partial charge in [0, 0.05) is 43.2 Å². The van der Waals surface area contributed by atoms with Crippen LogP contribution in [0.25, 0.3) is 11.4 Å². The van der Waals surface area contributed by atoms with Crippen molar-refractivity contribution >= 4 is 11.7 Å². The molecule has 33 heavy (non-hydrogen) atoms. The number of carbonyl (C=O) groups excluding carboxylic acids is 1. The Hall–Kier alpha value is -2.52. The predicted octanol–water partition coefficient (Wildman–Crippen LogP) is 3.25. The summed E-state index contributed by atoms with van der Waals surface area (Å²) in [6.45, 7) is 1.94. The van der Waals surface area contributed by atoms with Crippen LogP contribution in [0.15, 0.2) is 22.9 Å². The average molecular weight is 455 g/mol. The van der Waals surface area contributed by atoms with Gasteiger partial charge >= 0.3 is 0 Å². The fraction of sp³-hybridized carbons (Fsp3) is 0.667. The van der Waals surface area contributed by atoms with E-state index in [1.165, 1.54) is 32.1 Å². The molecule has 5 rings (SSSR count). The maximum atomic E-state index is 11.9. The molecule has 2 unspecified atom stereocenters. The Labute approximate surface area is 194 Å². The summed E-state index contributed by atoms with van der Waals surface area (Å²) in [5.41, 5.74) is 8.55. The maximum absolute atomic E-state index is 11.9. The molecule has 0 radical (unpaired) electrons. The second kappa shape index (κ2) is 9.77. The zero-order chi connectivity index (χ0) is 22.8. The first-order valence-corrected chi connectivity index (χ1v) is 12.4. The minimum absolute atomic E-state index is 0.124. The minimum Gasteiger partial charge on any atom is -0.356 e. The van der Waals surface area contributed by atoms with E-state index in [1.54, 1.807) is 11.7 Å². The van der Waals surface area contributed by atoms with Crippen LogP contribution in [0, 0.1) is 17.8 Å². The van der Waals surface area contributed by atoms with Gasteiger partial charge in [0.25, 0.3) is 0 Å². The molecule has 2 saturated carbocycles. The third kappa shape index (κ3) is 5.04. The third-order valence-corrected chi connectivity index (χ3v) is 7.83. The highest BCUT2D eigenvalue weighted by molar-refractivity contribution is 5.75. The Bertz CT molecular complexity index is 930. The first-order valence-electron chi connectivity index (χ1n) is 12.4. The smallest absolute Gasteiger partial charge is 0.244 e. The number of rotatable bonds is 9. The molecule has 1 aliphatic heterocycles. The number of carbonyl (C=O) groups is 1. The molecule has 9 nitrogen and oxygen atoms in total. The van der Waals surface area contributed by atoms with Crippen molar-refractivity contribution in [3.05, 3.63) is 24.2 Å². The van der Waals surface area contributed by atoms with E-state index in [0.717, 1.165) is 49.7 Å². The first-order chi connectivity index (χ1) is 16.1. The normalized spacial score (nSPS) is 25.6. The summed E-state index contributed by atoms with van der Waals surface area (Å²) >= 11 is 0. The molecule has 0 spiro atoms. The quantitative estimate of drug-likeness (QED) is 0.389. The lowest BCUT2D eigenvalue weighted by Gasteiger charge is -2.22. The number of amides is 1. The Morgan fingerprint density at radius 2 is 2.03 bits per heavy atom. The lowest BCUT2D eigenvalue weighted by molar-refractivity contribution is -0.129. The molecular formula is C24H34N6O3. The van der Waals surface area contributed by atoms with Crippen molar-refractivity contribution in [2.45, 2.75) is 69.7 Å². The van der Waals surface area contributed by atoms with Gasteiger partial charge in [-0.05, 0) is 36.3 Å². The standard InChI is InChI=1S/C24H34N6O3/c25-22-18-13-30(14-19(18)22)20-10-9-17(12-26-20)23-27-24(33-29-23)16(11-21(31)28-32)8-4-7-15-5-2-1-3-6-15/h9-10,12,15-16,18-19,22,32H,1-8,11,13-14,25H2,(H,28,31)/t16-,18?,19?,22?/m1/s1. The number of aromatic nitrogens is 3. The summed E-state index contributed by atoms with van der Waals surface area (Å²) in [5, 5.41) is 13.2. The Morgan fingerprint density at radius 3 is 2.73 bits per heavy atom. The van der Waals surface area contributed by atoms with Crippen LogP contribution in [0.4, 0.5) is 5.82 Å². The zero-order valence-electron chi connectivity index (χ0n) is 19.0. The Morgan fingerprint density at radius 1 is 1.24 bits per heavy atom. The topological polar surface area (TPSA) is 130 Å². The average Bonchev–Trinajstić information content (AvgIpc) is 3.27. The number of anilines is 1. The van der Waals surface area contributed by atoms with Crippen LogP contribution in [-0.4, -0.2) is 45.4 Å².